The maximum Gasteiger partial charge on any atom is 0.324 e. The lowest BCUT2D eigenvalue weighted by molar-refractivity contribution is 0.206. The molecule has 2 heterocycles. The summed E-state index contributed by atoms with van der Waals surface area (Å²) in [5.41, 5.74) is 1.08. The Hall–Kier alpha value is -2.02. The lowest BCUT2D eigenvalue weighted by Gasteiger charge is -2.22. The summed E-state index contributed by atoms with van der Waals surface area (Å²) in [5, 5.41) is 12.0. The van der Waals surface area contributed by atoms with Gasteiger partial charge in [-0.3, -0.25) is 10.3 Å². The highest BCUT2D eigenvalue weighted by Crippen LogP contribution is 2.29. The van der Waals surface area contributed by atoms with E-state index in [2.05, 4.69) is 20.5 Å². The van der Waals surface area contributed by atoms with Crippen LogP contribution >= 0.6 is 11.3 Å². The van der Waals surface area contributed by atoms with Gasteiger partial charge in [0.25, 0.3) is 0 Å². The van der Waals surface area contributed by atoms with Crippen LogP contribution in [0.3, 0.4) is 0 Å². The molecule has 0 spiro atoms. The molecule has 0 unspecified atom stereocenters. The minimum atomic E-state index is -0.111. The van der Waals surface area contributed by atoms with Crippen LogP contribution in [-0.4, -0.2) is 32.2 Å². The monoisotopic (exact) mass is 289 g/mol. The molecule has 2 amide bonds. The number of aromatic nitrogens is 3. The maximum atomic E-state index is 12.3. The zero-order valence-corrected chi connectivity index (χ0v) is 11.9. The van der Waals surface area contributed by atoms with E-state index in [4.69, 9.17) is 0 Å². The van der Waals surface area contributed by atoms with E-state index < -0.39 is 0 Å². The Morgan fingerprint density at radius 3 is 2.75 bits per heavy atom. The van der Waals surface area contributed by atoms with E-state index in [9.17, 15) is 4.79 Å². The fourth-order valence-electron chi connectivity index (χ4n) is 1.95. The smallest absolute Gasteiger partial charge is 0.317 e. The summed E-state index contributed by atoms with van der Waals surface area (Å²) in [4.78, 5) is 18.2. The van der Waals surface area contributed by atoms with Crippen LogP contribution in [0.25, 0.3) is 0 Å². The Balaban J connectivity index is 1.69. The molecule has 3 rings (SSSR count). The molecular weight excluding hydrogens is 274 g/mol. The summed E-state index contributed by atoms with van der Waals surface area (Å²) in [6.45, 7) is 2.46. The van der Waals surface area contributed by atoms with Crippen molar-refractivity contribution < 1.29 is 4.79 Å². The molecule has 1 aliphatic rings. The van der Waals surface area contributed by atoms with Gasteiger partial charge in [0.1, 0.15) is 5.01 Å². The number of aryl methyl sites for hydroxylation is 1. The Morgan fingerprint density at radius 2 is 2.15 bits per heavy atom. The van der Waals surface area contributed by atoms with E-state index in [1.165, 1.54) is 11.3 Å². The van der Waals surface area contributed by atoms with Crippen molar-refractivity contribution in [1.82, 2.24) is 20.1 Å². The van der Waals surface area contributed by atoms with Crippen LogP contribution in [0.5, 0.6) is 0 Å². The van der Waals surface area contributed by atoms with Crippen LogP contribution in [0.2, 0.25) is 0 Å². The number of rotatable bonds is 4. The second kappa shape index (κ2) is 5.54. The van der Waals surface area contributed by atoms with E-state index in [0.29, 0.717) is 17.7 Å². The zero-order valence-electron chi connectivity index (χ0n) is 11.1. The molecule has 0 atom stereocenters. The number of nitrogens with one attached hydrogen (secondary N) is 1. The molecule has 0 saturated heterocycles. The Kier molecular flexibility index (Phi) is 3.60. The molecule has 1 aliphatic carbocycles. The number of carbonyl (C=O) groups excluding carboxylic acids is 1. The zero-order chi connectivity index (χ0) is 13.9. The Bertz CT molecular complexity index is 596. The molecule has 104 valence electrons. The molecule has 1 fully saturated rings. The first-order chi connectivity index (χ1) is 9.72. The third-order valence-electron chi connectivity index (χ3n) is 3.09. The van der Waals surface area contributed by atoms with Gasteiger partial charge in [-0.15, -0.1) is 10.2 Å². The second-order valence-electron chi connectivity index (χ2n) is 4.77. The minimum Gasteiger partial charge on any atom is -0.317 e. The van der Waals surface area contributed by atoms with Crippen molar-refractivity contribution in [2.75, 3.05) is 5.32 Å². The van der Waals surface area contributed by atoms with Crippen molar-refractivity contribution in [3.05, 3.63) is 35.1 Å². The summed E-state index contributed by atoms with van der Waals surface area (Å²) in [6, 6.07) is 4.08. The fourth-order valence-corrected chi connectivity index (χ4v) is 2.53. The number of anilines is 1. The van der Waals surface area contributed by atoms with Crippen molar-refractivity contribution in [1.29, 1.82) is 0 Å². The highest BCUT2D eigenvalue weighted by Gasteiger charge is 2.33. The van der Waals surface area contributed by atoms with Crippen LogP contribution in [0.15, 0.2) is 24.5 Å². The van der Waals surface area contributed by atoms with Crippen LogP contribution in [0.4, 0.5) is 9.93 Å². The van der Waals surface area contributed by atoms with Crippen molar-refractivity contribution >= 4 is 22.5 Å². The summed E-state index contributed by atoms with van der Waals surface area (Å²) >= 11 is 1.38. The molecule has 0 bridgehead atoms. The van der Waals surface area contributed by atoms with Gasteiger partial charge in [0.05, 0.1) is 0 Å². The summed E-state index contributed by atoms with van der Waals surface area (Å²) in [7, 11) is 0. The van der Waals surface area contributed by atoms with Crippen molar-refractivity contribution in [2.24, 2.45) is 0 Å². The third kappa shape index (κ3) is 3.11. The normalized spacial score (nSPS) is 14.1. The molecule has 0 radical (unpaired) electrons. The fraction of sp³-hybridized carbons (Fsp3) is 0.385. The van der Waals surface area contributed by atoms with E-state index in [0.717, 1.165) is 23.4 Å². The van der Waals surface area contributed by atoms with E-state index in [1.807, 2.05) is 24.0 Å². The predicted octanol–water partition coefficient (Wildman–Crippen LogP) is 2.44. The van der Waals surface area contributed by atoms with Gasteiger partial charge in [0.2, 0.25) is 5.13 Å². The van der Waals surface area contributed by atoms with Gasteiger partial charge >= 0.3 is 6.03 Å². The van der Waals surface area contributed by atoms with Gasteiger partial charge in [-0.2, -0.15) is 0 Å². The van der Waals surface area contributed by atoms with E-state index >= 15 is 0 Å². The van der Waals surface area contributed by atoms with Gasteiger partial charge < -0.3 is 4.90 Å². The van der Waals surface area contributed by atoms with Crippen LogP contribution in [0.1, 0.15) is 23.4 Å². The number of carbonyl (C=O) groups is 1. The van der Waals surface area contributed by atoms with Crippen LogP contribution in [0, 0.1) is 6.92 Å². The maximum absolute atomic E-state index is 12.3. The number of hydrogen-bond acceptors (Lipinski definition) is 5. The molecule has 0 aromatic carbocycles. The molecule has 1 saturated carbocycles. The summed E-state index contributed by atoms with van der Waals surface area (Å²) in [5.74, 6) is 0. The highest BCUT2D eigenvalue weighted by molar-refractivity contribution is 7.15. The first kappa shape index (κ1) is 13.0. The predicted molar refractivity (Wildman–Crippen MR) is 76.5 cm³/mol. The van der Waals surface area contributed by atoms with E-state index in [-0.39, 0.29) is 6.03 Å². The molecule has 20 heavy (non-hydrogen) atoms. The highest BCUT2D eigenvalue weighted by atomic mass is 32.1. The van der Waals surface area contributed by atoms with Crippen LogP contribution < -0.4 is 5.32 Å². The Labute approximate surface area is 120 Å². The lowest BCUT2D eigenvalue weighted by Crippen LogP contribution is -2.36. The minimum absolute atomic E-state index is 0.111. The van der Waals surface area contributed by atoms with E-state index in [1.54, 1.807) is 12.4 Å². The Morgan fingerprint density at radius 1 is 1.40 bits per heavy atom. The van der Waals surface area contributed by atoms with Gasteiger partial charge in [0.15, 0.2) is 0 Å². The average Bonchev–Trinajstić information content (AvgIpc) is 3.21. The third-order valence-corrected chi connectivity index (χ3v) is 3.84. The van der Waals surface area contributed by atoms with Crippen molar-refractivity contribution in [2.45, 2.75) is 32.4 Å². The average molecular weight is 289 g/mol. The second-order valence-corrected chi connectivity index (χ2v) is 5.95. The van der Waals surface area contributed by atoms with Gasteiger partial charge in [0, 0.05) is 25.0 Å². The van der Waals surface area contributed by atoms with Crippen molar-refractivity contribution in [3.63, 3.8) is 0 Å². The number of urea groups is 1. The molecule has 2 aromatic heterocycles. The van der Waals surface area contributed by atoms with Gasteiger partial charge in [-0.1, -0.05) is 11.3 Å². The SMILES string of the molecule is Cc1nnc(NC(=O)N(Cc2ccncc2)C2CC2)s1. The standard InChI is InChI=1S/C13H15N5OS/c1-9-16-17-12(20-9)15-13(19)18(11-2-3-11)8-10-4-6-14-7-5-10/h4-7,11H,2-3,8H2,1H3,(H,15,17,19). The number of amides is 2. The molecule has 1 N–H and O–H groups in total. The number of pyridine rings is 1. The topological polar surface area (TPSA) is 71.0 Å². The number of nitrogens with zero attached hydrogens (tertiary/aromatic N) is 4. The molecular formula is C13H15N5OS. The first-order valence-electron chi connectivity index (χ1n) is 6.49. The molecule has 7 heteroatoms. The largest absolute Gasteiger partial charge is 0.324 e. The quantitative estimate of drug-likeness (QED) is 0.938. The molecule has 6 nitrogen and oxygen atoms in total. The summed E-state index contributed by atoms with van der Waals surface area (Å²) < 4.78 is 0. The van der Waals surface area contributed by atoms with Crippen molar-refractivity contribution in [3.8, 4) is 0 Å². The van der Waals surface area contributed by atoms with Gasteiger partial charge in [-0.05, 0) is 37.5 Å². The summed E-state index contributed by atoms with van der Waals surface area (Å²) in [6.07, 6.45) is 5.61. The molecule has 2 aromatic rings. The molecule has 0 aliphatic heterocycles. The first-order valence-corrected chi connectivity index (χ1v) is 7.30. The van der Waals surface area contributed by atoms with Crippen LogP contribution in [-0.2, 0) is 6.54 Å². The number of hydrogen-bond donors (Lipinski definition) is 1. The van der Waals surface area contributed by atoms with Gasteiger partial charge in [-0.25, -0.2) is 4.79 Å². The lowest BCUT2D eigenvalue weighted by atomic mass is 10.2.